The summed E-state index contributed by atoms with van der Waals surface area (Å²) in [5.41, 5.74) is 8.97. The standard InChI is InChI=1S/C14H21N3O/c1-10-3-4-11(2)13(7-10)16-14(18)9-17-6-5-12(15)8-17/h3-4,7,12H,5-6,8-9,15H2,1-2H3,(H,16,18)/t12-/m1/s1. The van der Waals surface area contributed by atoms with Crippen LogP contribution in [0.2, 0.25) is 0 Å². The smallest absolute Gasteiger partial charge is 0.238 e. The molecule has 0 spiro atoms. The number of hydrogen-bond donors (Lipinski definition) is 2. The van der Waals surface area contributed by atoms with Gasteiger partial charge >= 0.3 is 0 Å². The fourth-order valence-electron chi connectivity index (χ4n) is 2.27. The molecule has 0 bridgehead atoms. The van der Waals surface area contributed by atoms with Gasteiger partial charge in [-0.3, -0.25) is 9.69 Å². The fraction of sp³-hybridized carbons (Fsp3) is 0.500. The van der Waals surface area contributed by atoms with Crippen LogP contribution in [-0.4, -0.2) is 36.5 Å². The Hall–Kier alpha value is -1.39. The van der Waals surface area contributed by atoms with E-state index in [1.165, 1.54) is 0 Å². The van der Waals surface area contributed by atoms with Crippen molar-refractivity contribution in [3.05, 3.63) is 29.3 Å². The topological polar surface area (TPSA) is 58.4 Å². The zero-order valence-corrected chi connectivity index (χ0v) is 11.1. The minimum atomic E-state index is 0.0396. The van der Waals surface area contributed by atoms with E-state index in [4.69, 9.17) is 5.73 Å². The van der Waals surface area contributed by atoms with Crippen LogP contribution in [0.4, 0.5) is 5.69 Å². The number of anilines is 1. The minimum Gasteiger partial charge on any atom is -0.326 e. The lowest BCUT2D eigenvalue weighted by molar-refractivity contribution is -0.117. The predicted molar refractivity (Wildman–Crippen MR) is 73.6 cm³/mol. The minimum absolute atomic E-state index is 0.0396. The molecule has 0 aromatic heterocycles. The average molecular weight is 247 g/mol. The summed E-state index contributed by atoms with van der Waals surface area (Å²) in [6, 6.07) is 6.29. The Bertz CT molecular complexity index is 445. The zero-order valence-electron chi connectivity index (χ0n) is 11.1. The Kier molecular flexibility index (Phi) is 3.99. The van der Waals surface area contributed by atoms with Gasteiger partial charge in [-0.15, -0.1) is 0 Å². The molecular weight excluding hydrogens is 226 g/mol. The first-order valence-corrected chi connectivity index (χ1v) is 6.39. The van der Waals surface area contributed by atoms with Crippen LogP contribution in [0.25, 0.3) is 0 Å². The van der Waals surface area contributed by atoms with Gasteiger partial charge in [-0.2, -0.15) is 0 Å². The zero-order chi connectivity index (χ0) is 13.1. The van der Waals surface area contributed by atoms with Gasteiger partial charge in [0.25, 0.3) is 0 Å². The second-order valence-corrected chi connectivity index (χ2v) is 5.15. The van der Waals surface area contributed by atoms with Crippen molar-refractivity contribution >= 4 is 11.6 Å². The van der Waals surface area contributed by atoms with E-state index in [2.05, 4.69) is 10.2 Å². The lowest BCUT2D eigenvalue weighted by atomic mass is 10.1. The molecule has 1 aliphatic heterocycles. The molecule has 18 heavy (non-hydrogen) atoms. The van der Waals surface area contributed by atoms with Crippen molar-refractivity contribution in [3.63, 3.8) is 0 Å². The number of carbonyl (C=O) groups is 1. The molecule has 0 aliphatic carbocycles. The van der Waals surface area contributed by atoms with Gasteiger partial charge in [0.2, 0.25) is 5.91 Å². The van der Waals surface area contributed by atoms with E-state index in [0.717, 1.165) is 36.3 Å². The molecule has 1 aliphatic rings. The maximum atomic E-state index is 11.9. The van der Waals surface area contributed by atoms with Crippen LogP contribution in [-0.2, 0) is 4.79 Å². The molecular formula is C14H21N3O. The maximum Gasteiger partial charge on any atom is 0.238 e. The Balaban J connectivity index is 1.92. The molecule has 3 N–H and O–H groups in total. The van der Waals surface area contributed by atoms with Crippen molar-refractivity contribution in [2.45, 2.75) is 26.3 Å². The molecule has 1 aromatic carbocycles. The summed E-state index contributed by atoms with van der Waals surface area (Å²) in [4.78, 5) is 14.0. The molecule has 2 rings (SSSR count). The summed E-state index contributed by atoms with van der Waals surface area (Å²) in [6.07, 6.45) is 0.983. The van der Waals surface area contributed by atoms with Crippen LogP contribution in [0.5, 0.6) is 0 Å². The Labute approximate surface area is 108 Å². The Morgan fingerprint density at radius 3 is 2.94 bits per heavy atom. The number of carbonyl (C=O) groups excluding carboxylic acids is 1. The first kappa shape index (κ1) is 13.1. The lowest BCUT2D eigenvalue weighted by Crippen LogP contribution is -2.33. The fourth-order valence-corrected chi connectivity index (χ4v) is 2.27. The highest BCUT2D eigenvalue weighted by molar-refractivity contribution is 5.93. The molecule has 1 aromatic rings. The number of nitrogens with two attached hydrogens (primary N) is 1. The first-order chi connectivity index (χ1) is 8.54. The summed E-state index contributed by atoms with van der Waals surface area (Å²) in [5, 5.41) is 2.97. The second kappa shape index (κ2) is 5.50. The molecule has 0 saturated carbocycles. The number of benzene rings is 1. The van der Waals surface area contributed by atoms with Crippen LogP contribution >= 0.6 is 0 Å². The van der Waals surface area contributed by atoms with Crippen LogP contribution in [0.3, 0.4) is 0 Å². The molecule has 1 heterocycles. The lowest BCUT2D eigenvalue weighted by Gasteiger charge is -2.15. The summed E-state index contributed by atoms with van der Waals surface area (Å²) in [7, 11) is 0. The van der Waals surface area contributed by atoms with Crippen molar-refractivity contribution in [1.29, 1.82) is 0 Å². The van der Waals surface area contributed by atoms with Crippen LogP contribution in [0.1, 0.15) is 17.5 Å². The van der Waals surface area contributed by atoms with E-state index in [1.54, 1.807) is 0 Å². The SMILES string of the molecule is Cc1ccc(C)c(NC(=O)CN2CC[C@@H](N)C2)c1. The van der Waals surface area contributed by atoms with Crippen molar-refractivity contribution in [3.8, 4) is 0 Å². The first-order valence-electron chi connectivity index (χ1n) is 6.39. The number of nitrogens with one attached hydrogen (secondary N) is 1. The number of likely N-dealkylation sites (tertiary alicyclic amines) is 1. The van der Waals surface area contributed by atoms with E-state index >= 15 is 0 Å². The van der Waals surface area contributed by atoms with Gasteiger partial charge < -0.3 is 11.1 Å². The third-order valence-corrected chi connectivity index (χ3v) is 3.34. The largest absolute Gasteiger partial charge is 0.326 e. The van der Waals surface area contributed by atoms with Crippen molar-refractivity contribution < 1.29 is 4.79 Å². The van der Waals surface area contributed by atoms with E-state index in [0.29, 0.717) is 6.54 Å². The van der Waals surface area contributed by atoms with Gasteiger partial charge in [0.1, 0.15) is 0 Å². The summed E-state index contributed by atoms with van der Waals surface area (Å²) in [6.45, 7) is 6.19. The molecule has 1 atom stereocenters. The van der Waals surface area contributed by atoms with Crippen LogP contribution < -0.4 is 11.1 Å². The van der Waals surface area contributed by atoms with Gasteiger partial charge in [0.15, 0.2) is 0 Å². The Morgan fingerprint density at radius 1 is 1.50 bits per heavy atom. The third-order valence-electron chi connectivity index (χ3n) is 3.34. The molecule has 1 amide bonds. The number of aryl methyl sites for hydroxylation is 2. The van der Waals surface area contributed by atoms with Gasteiger partial charge in [-0.05, 0) is 37.5 Å². The van der Waals surface area contributed by atoms with Crippen molar-refractivity contribution in [1.82, 2.24) is 4.90 Å². The average Bonchev–Trinajstić information content (AvgIpc) is 2.69. The van der Waals surface area contributed by atoms with Gasteiger partial charge in [0.05, 0.1) is 6.54 Å². The van der Waals surface area contributed by atoms with E-state index in [9.17, 15) is 4.79 Å². The predicted octanol–water partition coefficient (Wildman–Crippen LogP) is 1.27. The number of rotatable bonds is 3. The van der Waals surface area contributed by atoms with E-state index in [-0.39, 0.29) is 11.9 Å². The highest BCUT2D eigenvalue weighted by Gasteiger charge is 2.21. The van der Waals surface area contributed by atoms with Gasteiger partial charge in [-0.1, -0.05) is 12.1 Å². The highest BCUT2D eigenvalue weighted by atomic mass is 16.2. The monoisotopic (exact) mass is 247 g/mol. The molecule has 4 nitrogen and oxygen atoms in total. The van der Waals surface area contributed by atoms with Crippen LogP contribution in [0.15, 0.2) is 18.2 Å². The molecule has 98 valence electrons. The summed E-state index contributed by atoms with van der Waals surface area (Å²) in [5.74, 6) is 0.0396. The molecule has 0 radical (unpaired) electrons. The van der Waals surface area contributed by atoms with Gasteiger partial charge in [-0.25, -0.2) is 0 Å². The van der Waals surface area contributed by atoms with Gasteiger partial charge in [0, 0.05) is 24.8 Å². The number of hydrogen-bond acceptors (Lipinski definition) is 3. The Morgan fingerprint density at radius 2 is 2.28 bits per heavy atom. The molecule has 4 heteroatoms. The molecule has 0 unspecified atom stereocenters. The van der Waals surface area contributed by atoms with E-state index < -0.39 is 0 Å². The second-order valence-electron chi connectivity index (χ2n) is 5.15. The van der Waals surface area contributed by atoms with Crippen molar-refractivity contribution in [2.75, 3.05) is 25.0 Å². The van der Waals surface area contributed by atoms with Crippen LogP contribution in [0, 0.1) is 13.8 Å². The normalized spacial score (nSPS) is 20.1. The summed E-state index contributed by atoms with van der Waals surface area (Å²) < 4.78 is 0. The van der Waals surface area contributed by atoms with Crippen molar-refractivity contribution in [2.24, 2.45) is 5.73 Å². The van der Waals surface area contributed by atoms with E-state index in [1.807, 2.05) is 32.0 Å². The number of amides is 1. The molecule has 1 saturated heterocycles. The maximum absolute atomic E-state index is 11.9. The highest BCUT2D eigenvalue weighted by Crippen LogP contribution is 2.16. The quantitative estimate of drug-likeness (QED) is 0.846. The molecule has 1 fully saturated rings. The number of nitrogens with zero attached hydrogens (tertiary/aromatic N) is 1. The summed E-state index contributed by atoms with van der Waals surface area (Å²) >= 11 is 0. The third kappa shape index (κ3) is 3.31.